The number of carbonyl (C=O) groups is 1. The molecule has 1 amide bonds. The van der Waals surface area contributed by atoms with E-state index in [-0.39, 0.29) is 22.8 Å². The summed E-state index contributed by atoms with van der Waals surface area (Å²) in [4.78, 5) is 20.0. The molecule has 4 aromatic rings. The topological polar surface area (TPSA) is 62.5 Å². The summed E-state index contributed by atoms with van der Waals surface area (Å²) in [7, 11) is 0. The van der Waals surface area contributed by atoms with Gasteiger partial charge in [-0.1, -0.05) is 56.7 Å². The summed E-state index contributed by atoms with van der Waals surface area (Å²) in [5, 5.41) is 6.64. The van der Waals surface area contributed by atoms with Gasteiger partial charge in [-0.05, 0) is 61.2 Å². The van der Waals surface area contributed by atoms with E-state index in [2.05, 4.69) is 20.3 Å². The first-order valence-electron chi connectivity index (χ1n) is 12.9. The van der Waals surface area contributed by atoms with Crippen LogP contribution in [0.4, 0.5) is 18.9 Å². The average Bonchev–Trinajstić information content (AvgIpc) is 3.33. The van der Waals surface area contributed by atoms with Crippen molar-refractivity contribution in [3.8, 4) is 11.3 Å². The third-order valence-corrected chi connectivity index (χ3v) is 6.95. The van der Waals surface area contributed by atoms with Crippen molar-refractivity contribution in [1.29, 1.82) is 0 Å². The van der Waals surface area contributed by atoms with Crippen molar-refractivity contribution in [3.63, 3.8) is 0 Å². The normalized spacial score (nSPS) is 14.8. The summed E-state index contributed by atoms with van der Waals surface area (Å²) in [6.45, 7) is 7.11. The molecule has 2 aromatic heterocycles. The number of halogens is 3. The maximum atomic E-state index is 14.0. The molecule has 2 aromatic carbocycles. The highest BCUT2D eigenvalue weighted by atomic mass is 19.4. The van der Waals surface area contributed by atoms with E-state index in [0.29, 0.717) is 15.8 Å². The number of amides is 1. The first kappa shape index (κ1) is 25.9. The number of anilines is 1. The molecule has 1 aliphatic heterocycles. The van der Waals surface area contributed by atoms with E-state index < -0.39 is 17.8 Å². The van der Waals surface area contributed by atoms with Crippen LogP contribution in [0.15, 0.2) is 60.8 Å². The van der Waals surface area contributed by atoms with E-state index in [0.717, 1.165) is 43.0 Å². The maximum Gasteiger partial charge on any atom is 0.433 e. The number of rotatable bonds is 6. The van der Waals surface area contributed by atoms with Crippen molar-refractivity contribution in [3.05, 3.63) is 83.2 Å². The van der Waals surface area contributed by atoms with E-state index in [1.807, 2.05) is 38.1 Å². The van der Waals surface area contributed by atoms with Gasteiger partial charge < -0.3 is 5.32 Å². The number of piperidine rings is 1. The molecule has 198 valence electrons. The van der Waals surface area contributed by atoms with Gasteiger partial charge in [-0.15, -0.1) is 0 Å². The van der Waals surface area contributed by atoms with E-state index in [9.17, 15) is 18.0 Å². The Balaban J connectivity index is 1.42. The van der Waals surface area contributed by atoms with Gasteiger partial charge in [-0.25, -0.2) is 9.50 Å². The van der Waals surface area contributed by atoms with Crippen LogP contribution >= 0.6 is 0 Å². The number of hydrogen-bond acceptors (Lipinski definition) is 4. The summed E-state index contributed by atoms with van der Waals surface area (Å²) in [5.41, 5.74) is 2.23. The summed E-state index contributed by atoms with van der Waals surface area (Å²) < 4.78 is 42.5. The first-order valence-corrected chi connectivity index (χ1v) is 12.9. The number of hydrogen-bond donors (Lipinski definition) is 1. The number of fused-ring (bicyclic) bond motifs is 1. The Morgan fingerprint density at radius 2 is 1.68 bits per heavy atom. The smallest absolute Gasteiger partial charge is 0.322 e. The molecule has 6 nitrogen and oxygen atoms in total. The molecule has 0 unspecified atom stereocenters. The zero-order chi connectivity index (χ0) is 26.9. The molecule has 0 atom stereocenters. The van der Waals surface area contributed by atoms with E-state index in [1.165, 1.54) is 19.3 Å². The first-order chi connectivity index (χ1) is 18.2. The Morgan fingerprint density at radius 1 is 1.00 bits per heavy atom. The highest BCUT2D eigenvalue weighted by Crippen LogP contribution is 2.33. The summed E-state index contributed by atoms with van der Waals surface area (Å²) in [5.74, 6) is -0.286. The van der Waals surface area contributed by atoms with Gasteiger partial charge in [-0.3, -0.25) is 9.69 Å². The Hall–Kier alpha value is -3.72. The average molecular weight is 522 g/mol. The molecule has 0 saturated carbocycles. The third kappa shape index (κ3) is 5.57. The second-order valence-electron chi connectivity index (χ2n) is 10.1. The van der Waals surface area contributed by atoms with Crippen molar-refractivity contribution < 1.29 is 18.0 Å². The third-order valence-electron chi connectivity index (χ3n) is 6.95. The number of benzene rings is 2. The van der Waals surface area contributed by atoms with Crippen molar-refractivity contribution >= 4 is 17.2 Å². The zero-order valence-corrected chi connectivity index (χ0v) is 21.4. The largest absolute Gasteiger partial charge is 0.433 e. The fraction of sp³-hybridized carbons (Fsp3) is 0.345. The highest BCUT2D eigenvalue weighted by Gasteiger charge is 2.36. The summed E-state index contributed by atoms with van der Waals surface area (Å²) >= 11 is 0. The van der Waals surface area contributed by atoms with Gasteiger partial charge in [0.1, 0.15) is 5.56 Å². The van der Waals surface area contributed by atoms with Crippen molar-refractivity contribution in [2.24, 2.45) is 0 Å². The number of aromatic nitrogens is 3. The lowest BCUT2D eigenvalue weighted by molar-refractivity contribution is -0.142. The second-order valence-corrected chi connectivity index (χ2v) is 10.1. The molecular weight excluding hydrogens is 491 g/mol. The lowest BCUT2D eigenvalue weighted by Crippen LogP contribution is -2.29. The Morgan fingerprint density at radius 3 is 2.32 bits per heavy atom. The highest BCUT2D eigenvalue weighted by molar-refractivity contribution is 6.08. The van der Waals surface area contributed by atoms with Crippen LogP contribution in [0.2, 0.25) is 0 Å². The minimum atomic E-state index is -4.68. The molecule has 1 saturated heterocycles. The molecule has 0 spiro atoms. The Kier molecular flexibility index (Phi) is 7.21. The minimum Gasteiger partial charge on any atom is -0.322 e. The second kappa shape index (κ2) is 10.6. The van der Waals surface area contributed by atoms with Crippen LogP contribution in [0.1, 0.15) is 66.2 Å². The molecule has 0 bridgehead atoms. The number of likely N-dealkylation sites (tertiary alicyclic amines) is 1. The van der Waals surface area contributed by atoms with Crippen LogP contribution in [0.25, 0.3) is 16.9 Å². The molecule has 1 N–H and O–H groups in total. The Labute approximate surface area is 219 Å². The standard InChI is InChI=1S/C29H30F3N5O/c1-19(2)21-8-10-22(11-9-21)25-16-26(29(30,31)32)37-27(35-25)24(17-33-37)28(38)34-23-12-6-20(7-13-23)18-36-14-4-3-5-15-36/h6-13,16-17,19H,3-5,14-15,18H2,1-2H3,(H,34,38). The van der Waals surface area contributed by atoms with E-state index >= 15 is 0 Å². The maximum absolute atomic E-state index is 14.0. The SMILES string of the molecule is CC(C)c1ccc(-c2cc(C(F)(F)F)n3ncc(C(=O)Nc4ccc(CN5CCCCC5)cc4)c3n2)cc1. The molecule has 0 aliphatic carbocycles. The van der Waals surface area contributed by atoms with Crippen LogP contribution in [-0.4, -0.2) is 38.5 Å². The molecular formula is C29H30F3N5O. The fourth-order valence-electron chi connectivity index (χ4n) is 4.78. The number of nitrogens with zero attached hydrogens (tertiary/aromatic N) is 4. The predicted octanol–water partition coefficient (Wildman–Crippen LogP) is 6.78. The zero-order valence-electron chi connectivity index (χ0n) is 21.4. The molecule has 3 heterocycles. The molecule has 38 heavy (non-hydrogen) atoms. The van der Waals surface area contributed by atoms with Gasteiger partial charge in [-0.2, -0.15) is 18.3 Å². The minimum absolute atomic E-state index is 0.0338. The van der Waals surface area contributed by atoms with Crippen molar-refractivity contribution in [1.82, 2.24) is 19.5 Å². The molecule has 0 radical (unpaired) electrons. The fourth-order valence-corrected chi connectivity index (χ4v) is 4.78. The Bertz CT molecular complexity index is 1420. The van der Waals surface area contributed by atoms with Crippen LogP contribution < -0.4 is 5.32 Å². The molecule has 9 heteroatoms. The van der Waals surface area contributed by atoms with Crippen molar-refractivity contribution in [2.75, 3.05) is 18.4 Å². The predicted molar refractivity (Wildman–Crippen MR) is 141 cm³/mol. The molecule has 1 fully saturated rings. The molecule has 1 aliphatic rings. The molecule has 5 rings (SSSR count). The summed E-state index contributed by atoms with van der Waals surface area (Å²) in [6.07, 6.45) is 0.142. The van der Waals surface area contributed by atoms with E-state index in [1.54, 1.807) is 24.3 Å². The van der Waals surface area contributed by atoms with Gasteiger partial charge in [0, 0.05) is 17.8 Å². The van der Waals surface area contributed by atoms with Gasteiger partial charge >= 0.3 is 6.18 Å². The van der Waals surface area contributed by atoms with E-state index in [4.69, 9.17) is 0 Å². The van der Waals surface area contributed by atoms with Gasteiger partial charge in [0.15, 0.2) is 11.3 Å². The van der Waals surface area contributed by atoms with Crippen molar-refractivity contribution in [2.45, 2.75) is 51.7 Å². The quantitative estimate of drug-likeness (QED) is 0.304. The monoisotopic (exact) mass is 521 g/mol. The van der Waals surface area contributed by atoms with Crippen LogP contribution in [0, 0.1) is 0 Å². The number of carbonyl (C=O) groups excluding carboxylic acids is 1. The van der Waals surface area contributed by atoms with Crippen LogP contribution in [-0.2, 0) is 12.7 Å². The van der Waals surface area contributed by atoms with Gasteiger partial charge in [0.25, 0.3) is 5.91 Å². The number of alkyl halides is 3. The van der Waals surface area contributed by atoms with Gasteiger partial charge in [0.2, 0.25) is 0 Å². The lowest BCUT2D eigenvalue weighted by Gasteiger charge is -2.26. The summed E-state index contributed by atoms with van der Waals surface area (Å²) in [6, 6.07) is 15.7. The van der Waals surface area contributed by atoms with Crippen LogP contribution in [0.3, 0.4) is 0 Å². The van der Waals surface area contributed by atoms with Gasteiger partial charge in [0.05, 0.1) is 11.9 Å². The lowest BCUT2D eigenvalue weighted by atomic mass is 10.0. The van der Waals surface area contributed by atoms with Crippen LogP contribution in [0.5, 0.6) is 0 Å². The number of nitrogens with one attached hydrogen (secondary N) is 1.